The molecule has 3 rings (SSSR count). The van der Waals surface area contributed by atoms with Crippen molar-refractivity contribution < 1.29 is 38.2 Å². The van der Waals surface area contributed by atoms with E-state index in [9.17, 15) is 24.0 Å². The Morgan fingerprint density at radius 3 is 1.95 bits per heavy atom. The van der Waals surface area contributed by atoms with E-state index in [0.717, 1.165) is 16.8 Å². The van der Waals surface area contributed by atoms with Gasteiger partial charge in [0.15, 0.2) is 0 Å². The molecule has 56 heavy (non-hydrogen) atoms. The Kier molecular flexibility index (Phi) is 16.9. The van der Waals surface area contributed by atoms with Gasteiger partial charge in [0, 0.05) is 30.9 Å². The van der Waals surface area contributed by atoms with Crippen LogP contribution in [0.25, 0.3) is 0 Å². The fraction of sp³-hybridized carbons (Fsp3) is 0.512. The van der Waals surface area contributed by atoms with Gasteiger partial charge in [-0.1, -0.05) is 96.2 Å². The first-order valence-electron chi connectivity index (χ1n) is 18.8. The summed E-state index contributed by atoms with van der Waals surface area (Å²) in [7, 11) is 2.43. The standard InChI is InChI=1S/C41H59N7O8/c1-10-42-37(51)56-32(31(24-27-16-12-11-13-17-27)44-35(49)33(40(2,3)4)45-38(52)54-8)26-48(47-36(50)34(41(5,6)7)46-39(53)55-9)25-28-19-21-29(22-20-28)30-18-14-15-23-43-30/h11-21,23,29,31-34H,10,22,24-26H2,1-9H3,(H,42,51)(H,44,49)(H,45,52)(H,46,53)(H,47,50)/t29?,31-,32?,33?,34?/m0/s1. The number of carbonyl (C=O) groups excluding carboxylic acids is 5. The van der Waals surface area contributed by atoms with Gasteiger partial charge in [-0.3, -0.25) is 20.0 Å². The number of aromatic nitrogens is 1. The van der Waals surface area contributed by atoms with E-state index in [4.69, 9.17) is 14.2 Å². The first-order valence-corrected chi connectivity index (χ1v) is 18.8. The van der Waals surface area contributed by atoms with Gasteiger partial charge in [-0.25, -0.2) is 19.4 Å². The summed E-state index contributed by atoms with van der Waals surface area (Å²) in [5.41, 5.74) is 4.11. The first-order chi connectivity index (χ1) is 26.4. The topological polar surface area (TPSA) is 189 Å². The molecule has 0 saturated carbocycles. The van der Waals surface area contributed by atoms with E-state index in [2.05, 4.69) is 43.8 Å². The van der Waals surface area contributed by atoms with Gasteiger partial charge in [-0.05, 0) is 53.9 Å². The van der Waals surface area contributed by atoms with Gasteiger partial charge in [-0.2, -0.15) is 0 Å². The molecule has 0 aliphatic heterocycles. The zero-order valence-corrected chi connectivity index (χ0v) is 34.0. The van der Waals surface area contributed by atoms with Crippen molar-refractivity contribution in [1.82, 2.24) is 36.7 Å². The van der Waals surface area contributed by atoms with Gasteiger partial charge in [-0.15, -0.1) is 0 Å². The van der Waals surface area contributed by atoms with Crippen LogP contribution in [0.5, 0.6) is 0 Å². The Morgan fingerprint density at radius 1 is 0.821 bits per heavy atom. The maximum absolute atomic E-state index is 14.1. The lowest BCUT2D eigenvalue weighted by Gasteiger charge is -2.37. The van der Waals surface area contributed by atoms with Gasteiger partial charge >= 0.3 is 18.3 Å². The molecule has 0 saturated heterocycles. The average Bonchev–Trinajstić information content (AvgIpc) is 3.15. The Morgan fingerprint density at radius 2 is 1.43 bits per heavy atom. The van der Waals surface area contributed by atoms with E-state index < -0.39 is 65.2 Å². The molecule has 1 aliphatic carbocycles. The lowest BCUT2D eigenvalue weighted by Crippen LogP contribution is -2.62. The second-order valence-corrected chi connectivity index (χ2v) is 15.7. The summed E-state index contributed by atoms with van der Waals surface area (Å²) in [6.07, 6.45) is 5.35. The number of benzene rings is 1. The molecule has 1 aliphatic rings. The van der Waals surface area contributed by atoms with E-state index in [1.807, 2.05) is 75.4 Å². The minimum atomic E-state index is -1.07. The average molecular weight is 778 g/mol. The Labute approximate surface area is 330 Å². The van der Waals surface area contributed by atoms with E-state index >= 15 is 0 Å². The van der Waals surface area contributed by atoms with Crippen molar-refractivity contribution >= 4 is 30.1 Å². The van der Waals surface area contributed by atoms with Crippen LogP contribution >= 0.6 is 0 Å². The van der Waals surface area contributed by atoms with Crippen LogP contribution in [0, 0.1) is 10.8 Å². The second kappa shape index (κ2) is 21.0. The lowest BCUT2D eigenvalue weighted by molar-refractivity contribution is -0.132. The van der Waals surface area contributed by atoms with Crippen LogP contribution in [0.4, 0.5) is 14.4 Å². The van der Waals surface area contributed by atoms with Crippen LogP contribution < -0.4 is 26.7 Å². The predicted octanol–water partition coefficient (Wildman–Crippen LogP) is 4.77. The van der Waals surface area contributed by atoms with E-state index in [1.54, 1.807) is 38.9 Å². The minimum absolute atomic E-state index is 0.0613. The Bertz CT molecular complexity index is 1670. The lowest BCUT2D eigenvalue weighted by atomic mass is 9.85. The van der Waals surface area contributed by atoms with Gasteiger partial charge in [0.25, 0.3) is 5.91 Å². The molecule has 1 aromatic carbocycles. The van der Waals surface area contributed by atoms with Crippen molar-refractivity contribution in [1.29, 1.82) is 0 Å². The van der Waals surface area contributed by atoms with Crippen molar-refractivity contribution in [3.8, 4) is 0 Å². The molecule has 15 nitrogen and oxygen atoms in total. The summed E-state index contributed by atoms with van der Waals surface area (Å²) < 4.78 is 15.7. The SMILES string of the molecule is CCNC(=O)OC(CN(CC1=CCC(c2ccccn2)C=C1)NC(=O)C(NC(=O)OC)C(C)(C)C)[C@H](Cc1ccccc1)NC(=O)C(NC(=O)OC)C(C)(C)C. The summed E-state index contributed by atoms with van der Waals surface area (Å²) in [5, 5.41) is 12.6. The number of alkyl carbamates (subject to hydrolysis) is 3. The van der Waals surface area contributed by atoms with E-state index in [1.165, 1.54) is 14.2 Å². The van der Waals surface area contributed by atoms with Crippen LogP contribution in [0.15, 0.2) is 78.5 Å². The molecule has 2 aromatic rings. The fourth-order valence-corrected chi connectivity index (χ4v) is 6.09. The molecule has 0 bridgehead atoms. The molecule has 5 atom stereocenters. The third-order valence-corrected chi connectivity index (χ3v) is 9.09. The summed E-state index contributed by atoms with van der Waals surface area (Å²) in [6, 6.07) is 12.2. The number of carbonyl (C=O) groups is 5. The molecule has 5 amide bonds. The largest absolute Gasteiger partial charge is 0.453 e. The quantitative estimate of drug-likeness (QED) is 0.117. The highest BCUT2D eigenvalue weighted by Crippen LogP contribution is 2.26. The number of rotatable bonds is 16. The first kappa shape index (κ1) is 45.0. The molecule has 1 aromatic heterocycles. The molecule has 4 unspecified atom stereocenters. The molecule has 1 heterocycles. The summed E-state index contributed by atoms with van der Waals surface area (Å²) in [4.78, 5) is 70.7. The number of hydrogen-bond donors (Lipinski definition) is 5. The number of ether oxygens (including phenoxy) is 3. The van der Waals surface area contributed by atoms with Crippen LogP contribution in [0.2, 0.25) is 0 Å². The van der Waals surface area contributed by atoms with Crippen molar-refractivity contribution in [3.63, 3.8) is 0 Å². The number of hydrazine groups is 1. The van der Waals surface area contributed by atoms with Crippen LogP contribution in [0.3, 0.4) is 0 Å². The highest BCUT2D eigenvalue weighted by molar-refractivity contribution is 5.87. The monoisotopic (exact) mass is 777 g/mol. The molecule has 5 N–H and O–H groups in total. The number of hydrogen-bond acceptors (Lipinski definition) is 10. The fourth-order valence-electron chi connectivity index (χ4n) is 6.09. The maximum atomic E-state index is 14.1. The van der Waals surface area contributed by atoms with E-state index in [-0.39, 0.29) is 32.0 Å². The normalized spacial score (nSPS) is 16.2. The number of allylic oxidation sites excluding steroid dienone is 2. The smallest absolute Gasteiger partial charge is 0.407 e. The minimum Gasteiger partial charge on any atom is -0.453 e. The highest BCUT2D eigenvalue weighted by Gasteiger charge is 2.39. The van der Waals surface area contributed by atoms with Crippen molar-refractivity contribution in [2.45, 2.75) is 91.5 Å². The third-order valence-electron chi connectivity index (χ3n) is 9.09. The molecule has 0 radical (unpaired) electrons. The number of nitrogens with zero attached hydrogens (tertiary/aromatic N) is 2. The van der Waals surface area contributed by atoms with Crippen molar-refractivity contribution in [3.05, 3.63) is 89.8 Å². The molecule has 306 valence electrons. The number of pyridine rings is 1. The zero-order valence-electron chi connectivity index (χ0n) is 34.0. The summed E-state index contributed by atoms with van der Waals surface area (Å²) in [6.45, 7) is 12.9. The van der Waals surface area contributed by atoms with E-state index in [0.29, 0.717) is 6.42 Å². The highest BCUT2D eigenvalue weighted by atomic mass is 16.6. The predicted molar refractivity (Wildman–Crippen MR) is 212 cm³/mol. The van der Waals surface area contributed by atoms with Crippen molar-refractivity contribution in [2.75, 3.05) is 33.9 Å². The maximum Gasteiger partial charge on any atom is 0.407 e. The van der Waals surface area contributed by atoms with Crippen LogP contribution in [-0.2, 0) is 30.2 Å². The summed E-state index contributed by atoms with van der Waals surface area (Å²) >= 11 is 0. The van der Waals surface area contributed by atoms with Crippen LogP contribution in [-0.4, -0.2) is 98.2 Å². The molecular weight excluding hydrogens is 718 g/mol. The molecule has 0 spiro atoms. The van der Waals surface area contributed by atoms with Crippen molar-refractivity contribution in [2.24, 2.45) is 10.8 Å². The number of methoxy groups -OCH3 is 2. The molecule has 15 heteroatoms. The van der Waals surface area contributed by atoms with Crippen LogP contribution in [0.1, 0.15) is 72.1 Å². The third kappa shape index (κ3) is 14.3. The zero-order chi connectivity index (χ0) is 41.5. The molecule has 0 fully saturated rings. The number of amides is 5. The van der Waals surface area contributed by atoms with Gasteiger partial charge in [0.05, 0.1) is 26.8 Å². The summed E-state index contributed by atoms with van der Waals surface area (Å²) in [5.74, 6) is -1.01. The van der Waals surface area contributed by atoms with Gasteiger partial charge in [0.1, 0.15) is 18.2 Å². The Balaban J connectivity index is 2.08. The Hall–Kier alpha value is -5.44. The second-order valence-electron chi connectivity index (χ2n) is 15.7. The van der Waals surface area contributed by atoms with Gasteiger partial charge < -0.3 is 35.5 Å². The van der Waals surface area contributed by atoms with Gasteiger partial charge in [0.2, 0.25) is 5.91 Å². The molecular formula is C41H59N7O8. The number of nitrogens with one attached hydrogen (secondary N) is 5.